The third kappa shape index (κ3) is 3.28. The number of hydrogen-bond donors (Lipinski definition) is 1. The van der Waals surface area contributed by atoms with Gasteiger partial charge in [-0.2, -0.15) is 0 Å². The molecule has 1 N–H and O–H groups in total. The smallest absolute Gasteiger partial charge is 0.256 e. The molecule has 1 heterocycles. The van der Waals surface area contributed by atoms with Gasteiger partial charge >= 0.3 is 0 Å². The SMILES string of the molecule is CCOc1ccccc1N[C@@H]1CC(=O)N(c2ccccc2OC)C1=O. The average molecular weight is 340 g/mol. The summed E-state index contributed by atoms with van der Waals surface area (Å²) in [6.45, 7) is 2.41. The van der Waals surface area contributed by atoms with Crippen LogP contribution in [-0.2, 0) is 9.59 Å². The van der Waals surface area contributed by atoms with E-state index in [1.807, 2.05) is 31.2 Å². The van der Waals surface area contributed by atoms with Gasteiger partial charge < -0.3 is 14.8 Å². The Hall–Kier alpha value is -3.02. The first-order valence-corrected chi connectivity index (χ1v) is 8.14. The molecule has 0 saturated carbocycles. The van der Waals surface area contributed by atoms with Crippen molar-refractivity contribution in [2.45, 2.75) is 19.4 Å². The third-order valence-corrected chi connectivity index (χ3v) is 3.99. The third-order valence-electron chi connectivity index (χ3n) is 3.99. The molecule has 0 unspecified atom stereocenters. The molecule has 2 aromatic carbocycles. The highest BCUT2D eigenvalue weighted by atomic mass is 16.5. The molecule has 130 valence electrons. The second-order valence-corrected chi connectivity index (χ2v) is 5.57. The minimum atomic E-state index is -0.640. The maximum Gasteiger partial charge on any atom is 0.256 e. The van der Waals surface area contributed by atoms with Crippen molar-refractivity contribution in [1.82, 2.24) is 0 Å². The van der Waals surface area contributed by atoms with Crippen LogP contribution in [-0.4, -0.2) is 31.6 Å². The van der Waals surface area contributed by atoms with Crippen LogP contribution in [0.25, 0.3) is 0 Å². The summed E-state index contributed by atoms with van der Waals surface area (Å²) < 4.78 is 10.8. The number of ether oxygens (including phenoxy) is 2. The maximum absolute atomic E-state index is 12.8. The molecule has 6 heteroatoms. The van der Waals surface area contributed by atoms with E-state index in [0.717, 1.165) is 0 Å². The molecule has 1 atom stereocenters. The van der Waals surface area contributed by atoms with Gasteiger partial charge in [0.05, 0.1) is 31.5 Å². The summed E-state index contributed by atoms with van der Waals surface area (Å²) in [7, 11) is 1.51. The Morgan fingerprint density at radius 2 is 1.76 bits per heavy atom. The lowest BCUT2D eigenvalue weighted by molar-refractivity contribution is -0.121. The van der Waals surface area contributed by atoms with Crippen LogP contribution < -0.4 is 19.7 Å². The molecule has 0 bridgehead atoms. The monoisotopic (exact) mass is 340 g/mol. The van der Waals surface area contributed by atoms with Crippen molar-refractivity contribution in [1.29, 1.82) is 0 Å². The molecule has 2 aromatic rings. The van der Waals surface area contributed by atoms with Gasteiger partial charge in [0, 0.05) is 0 Å². The van der Waals surface area contributed by atoms with Crippen molar-refractivity contribution >= 4 is 23.2 Å². The van der Waals surface area contributed by atoms with Crippen molar-refractivity contribution in [3.63, 3.8) is 0 Å². The zero-order valence-electron chi connectivity index (χ0n) is 14.2. The molecule has 1 fully saturated rings. The van der Waals surface area contributed by atoms with E-state index in [9.17, 15) is 9.59 Å². The van der Waals surface area contributed by atoms with Crippen LogP contribution >= 0.6 is 0 Å². The molecule has 2 amide bonds. The number of hydrogen-bond acceptors (Lipinski definition) is 5. The summed E-state index contributed by atoms with van der Waals surface area (Å²) >= 11 is 0. The Labute approximate surface area is 146 Å². The molecule has 1 aliphatic heterocycles. The molecule has 1 aliphatic rings. The molecule has 0 radical (unpaired) electrons. The average Bonchev–Trinajstić information content (AvgIpc) is 2.90. The fraction of sp³-hybridized carbons (Fsp3) is 0.263. The fourth-order valence-corrected chi connectivity index (χ4v) is 2.87. The van der Waals surface area contributed by atoms with E-state index < -0.39 is 6.04 Å². The quantitative estimate of drug-likeness (QED) is 0.819. The van der Waals surface area contributed by atoms with Crippen LogP contribution in [0.15, 0.2) is 48.5 Å². The lowest BCUT2D eigenvalue weighted by atomic mass is 10.2. The normalized spacial score (nSPS) is 16.9. The topological polar surface area (TPSA) is 67.9 Å². The molecular formula is C19H20N2O4. The van der Waals surface area contributed by atoms with Gasteiger partial charge in [0.25, 0.3) is 5.91 Å². The van der Waals surface area contributed by atoms with Crippen LogP contribution in [0.5, 0.6) is 11.5 Å². The first-order chi connectivity index (χ1) is 12.2. The summed E-state index contributed by atoms with van der Waals surface area (Å²) in [6.07, 6.45) is 0.0807. The van der Waals surface area contributed by atoms with E-state index >= 15 is 0 Å². The number of para-hydroxylation sites is 4. The van der Waals surface area contributed by atoms with Gasteiger partial charge in [-0.1, -0.05) is 24.3 Å². The fourth-order valence-electron chi connectivity index (χ4n) is 2.87. The number of carbonyl (C=O) groups excluding carboxylic acids is 2. The Morgan fingerprint density at radius 1 is 1.08 bits per heavy atom. The van der Waals surface area contributed by atoms with E-state index in [4.69, 9.17) is 9.47 Å². The Bertz CT molecular complexity index is 790. The van der Waals surface area contributed by atoms with Crippen molar-refractivity contribution in [2.24, 2.45) is 0 Å². The number of nitrogens with zero attached hydrogens (tertiary/aromatic N) is 1. The standard InChI is InChI=1S/C19H20N2O4/c1-3-25-16-10-6-4-8-13(16)20-14-12-18(22)21(19(14)23)15-9-5-7-11-17(15)24-2/h4-11,14,20H,3,12H2,1-2H3/t14-/m1/s1. The number of anilines is 2. The lowest BCUT2D eigenvalue weighted by Gasteiger charge is -2.19. The van der Waals surface area contributed by atoms with Gasteiger partial charge in [-0.15, -0.1) is 0 Å². The highest BCUT2D eigenvalue weighted by molar-refractivity contribution is 6.23. The largest absolute Gasteiger partial charge is 0.495 e. The minimum absolute atomic E-state index is 0.0807. The van der Waals surface area contributed by atoms with E-state index in [-0.39, 0.29) is 18.2 Å². The molecule has 0 aliphatic carbocycles. The lowest BCUT2D eigenvalue weighted by Crippen LogP contribution is -2.35. The van der Waals surface area contributed by atoms with Crippen LogP contribution in [0.1, 0.15) is 13.3 Å². The molecule has 25 heavy (non-hydrogen) atoms. The van der Waals surface area contributed by atoms with Crippen LogP contribution in [0.4, 0.5) is 11.4 Å². The van der Waals surface area contributed by atoms with Gasteiger partial charge in [0.15, 0.2) is 0 Å². The highest BCUT2D eigenvalue weighted by Crippen LogP contribution is 2.33. The number of amides is 2. The number of imide groups is 1. The summed E-state index contributed by atoms with van der Waals surface area (Å²) in [5, 5.41) is 3.13. The molecule has 0 aromatic heterocycles. The summed E-state index contributed by atoms with van der Waals surface area (Å²) in [6, 6.07) is 13.7. The molecular weight excluding hydrogens is 320 g/mol. The highest BCUT2D eigenvalue weighted by Gasteiger charge is 2.40. The van der Waals surface area contributed by atoms with E-state index in [1.54, 1.807) is 24.3 Å². The van der Waals surface area contributed by atoms with Crippen LogP contribution in [0.3, 0.4) is 0 Å². The van der Waals surface area contributed by atoms with Gasteiger partial charge in [0.2, 0.25) is 5.91 Å². The zero-order valence-corrected chi connectivity index (χ0v) is 14.2. The number of methoxy groups -OCH3 is 1. The Morgan fingerprint density at radius 3 is 2.48 bits per heavy atom. The summed E-state index contributed by atoms with van der Waals surface area (Å²) in [5.41, 5.74) is 1.15. The van der Waals surface area contributed by atoms with E-state index in [2.05, 4.69) is 5.32 Å². The first kappa shape index (κ1) is 16.8. The van der Waals surface area contributed by atoms with Gasteiger partial charge in [-0.25, -0.2) is 4.90 Å². The summed E-state index contributed by atoms with van der Waals surface area (Å²) in [5.74, 6) is 0.572. The van der Waals surface area contributed by atoms with Gasteiger partial charge in [0.1, 0.15) is 17.5 Å². The molecule has 3 rings (SSSR count). The molecule has 0 spiro atoms. The molecule has 6 nitrogen and oxygen atoms in total. The van der Waals surface area contributed by atoms with Crippen molar-refractivity contribution < 1.29 is 19.1 Å². The van der Waals surface area contributed by atoms with Crippen molar-refractivity contribution in [3.05, 3.63) is 48.5 Å². The van der Waals surface area contributed by atoms with Gasteiger partial charge in [-0.3, -0.25) is 9.59 Å². The number of benzene rings is 2. The number of carbonyl (C=O) groups is 2. The second-order valence-electron chi connectivity index (χ2n) is 5.57. The second kappa shape index (κ2) is 7.25. The van der Waals surface area contributed by atoms with Gasteiger partial charge in [-0.05, 0) is 31.2 Å². The van der Waals surface area contributed by atoms with Crippen LogP contribution in [0, 0.1) is 0 Å². The predicted molar refractivity (Wildman–Crippen MR) is 95.1 cm³/mol. The first-order valence-electron chi connectivity index (χ1n) is 8.14. The molecule has 1 saturated heterocycles. The predicted octanol–water partition coefficient (Wildman–Crippen LogP) is 2.84. The van der Waals surface area contributed by atoms with Crippen molar-refractivity contribution in [3.8, 4) is 11.5 Å². The zero-order chi connectivity index (χ0) is 17.8. The Kier molecular flexibility index (Phi) is 4.88. The van der Waals surface area contributed by atoms with Crippen LogP contribution in [0.2, 0.25) is 0 Å². The van der Waals surface area contributed by atoms with E-state index in [1.165, 1.54) is 12.0 Å². The maximum atomic E-state index is 12.8. The number of rotatable bonds is 6. The Balaban J connectivity index is 1.85. The van der Waals surface area contributed by atoms with Crippen molar-refractivity contribution in [2.75, 3.05) is 23.9 Å². The van der Waals surface area contributed by atoms with E-state index in [0.29, 0.717) is 29.5 Å². The summed E-state index contributed by atoms with van der Waals surface area (Å²) in [4.78, 5) is 26.4. The number of nitrogens with one attached hydrogen (secondary N) is 1. The minimum Gasteiger partial charge on any atom is -0.495 e.